The van der Waals surface area contributed by atoms with Gasteiger partial charge in [-0.1, -0.05) is 49.1 Å². The van der Waals surface area contributed by atoms with E-state index in [1.165, 1.54) is 7.11 Å². The zero-order chi connectivity index (χ0) is 18.1. The fraction of sp³-hybridized carbons (Fsp3) is 0.150. The molecule has 2 rings (SSSR count). The number of hydrogen-bond donors (Lipinski definition) is 1. The molecule has 1 unspecified atom stereocenters. The highest BCUT2D eigenvalue weighted by Gasteiger charge is 2.19. The summed E-state index contributed by atoms with van der Waals surface area (Å²) < 4.78 is 11.5. The second-order valence-corrected chi connectivity index (χ2v) is 5.16. The zero-order valence-corrected chi connectivity index (χ0v) is 14.1. The summed E-state index contributed by atoms with van der Waals surface area (Å²) in [6.07, 6.45) is 1.98. The number of nitrogens with one attached hydrogen (secondary N) is 1. The van der Waals surface area contributed by atoms with E-state index in [4.69, 9.17) is 9.47 Å². The van der Waals surface area contributed by atoms with Gasteiger partial charge < -0.3 is 9.47 Å². The van der Waals surface area contributed by atoms with Gasteiger partial charge in [0.1, 0.15) is 23.3 Å². The highest BCUT2D eigenvalue weighted by Crippen LogP contribution is 2.32. The van der Waals surface area contributed by atoms with Gasteiger partial charge in [-0.3, -0.25) is 10.3 Å². The molecule has 0 aliphatic heterocycles. The van der Waals surface area contributed by atoms with E-state index in [-0.39, 0.29) is 11.8 Å². The van der Waals surface area contributed by atoms with Crippen LogP contribution in [-0.2, 0) is 9.63 Å². The Labute approximate surface area is 147 Å². The molecule has 1 atom stereocenters. The molecule has 0 spiro atoms. The van der Waals surface area contributed by atoms with Crippen molar-refractivity contribution in [3.05, 3.63) is 85.1 Å². The molecule has 0 heterocycles. The Kier molecular flexibility index (Phi) is 6.80. The molecule has 0 saturated heterocycles. The number of para-hydroxylation sites is 2. The summed E-state index contributed by atoms with van der Waals surface area (Å²) in [6.45, 7) is 7.34. The third kappa shape index (κ3) is 5.22. The van der Waals surface area contributed by atoms with Crippen molar-refractivity contribution in [3.8, 4) is 11.5 Å². The Morgan fingerprint density at radius 2 is 1.84 bits per heavy atom. The molecule has 0 radical (unpaired) electrons. The predicted octanol–water partition coefficient (Wildman–Crippen LogP) is 3.95. The summed E-state index contributed by atoms with van der Waals surface area (Å²) in [7, 11) is 1.39. The molecule has 0 fully saturated rings. The highest BCUT2D eigenvalue weighted by molar-refractivity contribution is 5.88. The van der Waals surface area contributed by atoms with Crippen molar-refractivity contribution >= 4 is 5.97 Å². The molecule has 1 N–H and O–H groups in total. The number of benzene rings is 2. The van der Waals surface area contributed by atoms with Crippen molar-refractivity contribution < 1.29 is 19.1 Å². The lowest BCUT2D eigenvalue weighted by molar-refractivity contribution is -0.132. The van der Waals surface area contributed by atoms with Gasteiger partial charge in [-0.05, 0) is 18.2 Å². The number of hydroxylamine groups is 1. The fourth-order valence-corrected chi connectivity index (χ4v) is 2.22. The monoisotopic (exact) mass is 339 g/mol. The normalized spacial score (nSPS) is 11.2. The minimum absolute atomic E-state index is 0.00144. The Bertz CT molecular complexity index is 727. The molecule has 0 bridgehead atoms. The van der Waals surface area contributed by atoms with Crippen LogP contribution in [0, 0.1) is 0 Å². The molecular weight excluding hydrogens is 318 g/mol. The first-order chi connectivity index (χ1) is 12.2. The van der Waals surface area contributed by atoms with E-state index >= 15 is 0 Å². The molecule has 0 aliphatic rings. The summed E-state index contributed by atoms with van der Waals surface area (Å²) >= 11 is 0. The summed E-state index contributed by atoms with van der Waals surface area (Å²) in [5.74, 6) is 0.488. The lowest BCUT2D eigenvalue weighted by Crippen LogP contribution is -2.23. The first-order valence-electron chi connectivity index (χ1n) is 7.77. The second-order valence-electron chi connectivity index (χ2n) is 5.16. The largest absolute Gasteiger partial charge is 0.485 e. The maximum absolute atomic E-state index is 12.1. The third-order valence-corrected chi connectivity index (χ3v) is 3.34. The summed E-state index contributed by atoms with van der Waals surface area (Å²) in [4.78, 5) is 16.7. The van der Waals surface area contributed by atoms with Crippen LogP contribution in [0.15, 0.2) is 79.5 Å². The van der Waals surface area contributed by atoms with E-state index in [1.807, 2.05) is 42.5 Å². The van der Waals surface area contributed by atoms with E-state index in [9.17, 15) is 4.79 Å². The van der Waals surface area contributed by atoms with Crippen LogP contribution in [0.1, 0.15) is 18.1 Å². The standard InChI is InChI=1S/C20H21NO4/c1-4-10-18(24-16-11-6-5-7-12-16)17-13-8-9-14-19(17)25-20(22)15(2)21-23-3/h4-9,11-14,18,21H,1-2,10H2,3H3. The molecule has 0 aromatic heterocycles. The second kappa shape index (κ2) is 9.30. The third-order valence-electron chi connectivity index (χ3n) is 3.34. The molecule has 0 amide bonds. The van der Waals surface area contributed by atoms with Crippen molar-refractivity contribution in [2.24, 2.45) is 0 Å². The first kappa shape index (κ1) is 18.3. The van der Waals surface area contributed by atoms with Crippen LogP contribution in [0.4, 0.5) is 0 Å². The SMILES string of the molecule is C=CCC(Oc1ccccc1)c1ccccc1OC(=O)C(=C)NOC. The van der Waals surface area contributed by atoms with E-state index in [1.54, 1.807) is 18.2 Å². The van der Waals surface area contributed by atoms with Crippen LogP contribution in [0.5, 0.6) is 11.5 Å². The van der Waals surface area contributed by atoms with E-state index in [2.05, 4.69) is 23.5 Å². The minimum Gasteiger partial charge on any atom is -0.485 e. The Balaban J connectivity index is 2.24. The summed E-state index contributed by atoms with van der Waals surface area (Å²) in [6, 6.07) is 16.7. The molecule has 0 saturated carbocycles. The number of rotatable bonds is 9. The molecule has 2 aromatic rings. The number of carbonyl (C=O) groups excluding carboxylic acids is 1. The van der Waals surface area contributed by atoms with Crippen LogP contribution >= 0.6 is 0 Å². The van der Waals surface area contributed by atoms with Crippen molar-refractivity contribution in [3.63, 3.8) is 0 Å². The van der Waals surface area contributed by atoms with Gasteiger partial charge in [0.25, 0.3) is 0 Å². The molecular formula is C20H21NO4. The van der Waals surface area contributed by atoms with E-state index < -0.39 is 5.97 Å². The number of hydrogen-bond acceptors (Lipinski definition) is 5. The van der Waals surface area contributed by atoms with Gasteiger partial charge >= 0.3 is 5.97 Å². The van der Waals surface area contributed by atoms with Crippen molar-refractivity contribution in [2.75, 3.05) is 7.11 Å². The molecule has 25 heavy (non-hydrogen) atoms. The van der Waals surface area contributed by atoms with Crippen LogP contribution in [0.2, 0.25) is 0 Å². The van der Waals surface area contributed by atoms with Gasteiger partial charge in [0, 0.05) is 12.0 Å². The van der Waals surface area contributed by atoms with Gasteiger partial charge in [0.2, 0.25) is 0 Å². The molecule has 0 aliphatic carbocycles. The number of ether oxygens (including phenoxy) is 2. The van der Waals surface area contributed by atoms with Crippen LogP contribution in [0.25, 0.3) is 0 Å². The smallest absolute Gasteiger partial charge is 0.361 e. The fourth-order valence-electron chi connectivity index (χ4n) is 2.22. The first-order valence-corrected chi connectivity index (χ1v) is 7.77. The highest BCUT2D eigenvalue weighted by atomic mass is 16.6. The lowest BCUT2D eigenvalue weighted by atomic mass is 10.0. The Morgan fingerprint density at radius 3 is 2.52 bits per heavy atom. The molecule has 2 aromatic carbocycles. The van der Waals surface area contributed by atoms with Gasteiger partial charge in [0.05, 0.1) is 7.11 Å². The summed E-state index contributed by atoms with van der Waals surface area (Å²) in [5, 5.41) is 0. The maximum atomic E-state index is 12.1. The van der Waals surface area contributed by atoms with Crippen LogP contribution in [-0.4, -0.2) is 13.1 Å². The van der Waals surface area contributed by atoms with Crippen molar-refractivity contribution in [1.82, 2.24) is 5.48 Å². The van der Waals surface area contributed by atoms with Crippen LogP contribution in [0.3, 0.4) is 0 Å². The van der Waals surface area contributed by atoms with E-state index in [0.717, 1.165) is 11.3 Å². The quantitative estimate of drug-likeness (QED) is 0.246. The maximum Gasteiger partial charge on any atom is 0.361 e. The summed E-state index contributed by atoms with van der Waals surface area (Å²) in [5.41, 5.74) is 3.10. The Hall–Kier alpha value is -3.05. The number of esters is 1. The molecule has 5 heteroatoms. The average molecular weight is 339 g/mol. The molecule has 130 valence electrons. The van der Waals surface area contributed by atoms with Gasteiger partial charge in [0.15, 0.2) is 0 Å². The topological polar surface area (TPSA) is 56.8 Å². The van der Waals surface area contributed by atoms with Gasteiger partial charge in [-0.15, -0.1) is 6.58 Å². The Morgan fingerprint density at radius 1 is 1.16 bits per heavy atom. The lowest BCUT2D eigenvalue weighted by Gasteiger charge is -2.21. The predicted molar refractivity (Wildman–Crippen MR) is 96.0 cm³/mol. The average Bonchev–Trinajstić information content (AvgIpc) is 2.63. The van der Waals surface area contributed by atoms with Crippen molar-refractivity contribution in [1.29, 1.82) is 0 Å². The minimum atomic E-state index is -0.633. The van der Waals surface area contributed by atoms with Crippen molar-refractivity contribution in [2.45, 2.75) is 12.5 Å². The zero-order valence-electron chi connectivity index (χ0n) is 14.1. The van der Waals surface area contributed by atoms with Crippen LogP contribution < -0.4 is 15.0 Å². The van der Waals surface area contributed by atoms with Gasteiger partial charge in [-0.2, -0.15) is 0 Å². The van der Waals surface area contributed by atoms with Gasteiger partial charge in [-0.25, -0.2) is 4.79 Å². The van der Waals surface area contributed by atoms with E-state index in [0.29, 0.717) is 12.2 Å². The number of carbonyl (C=O) groups is 1. The molecule has 5 nitrogen and oxygen atoms in total.